The smallest absolute Gasteiger partial charge is 0.266 e. The summed E-state index contributed by atoms with van der Waals surface area (Å²) in [5.41, 5.74) is 1.38. The fourth-order valence-corrected chi connectivity index (χ4v) is 2.93. The quantitative estimate of drug-likeness (QED) is 0.451. The van der Waals surface area contributed by atoms with Gasteiger partial charge < -0.3 is 0 Å². The van der Waals surface area contributed by atoms with E-state index in [1.54, 1.807) is 0 Å². The largest absolute Gasteiger partial charge is 2.00 e. The summed E-state index contributed by atoms with van der Waals surface area (Å²) in [6.45, 7) is 4.37. The summed E-state index contributed by atoms with van der Waals surface area (Å²) in [6.07, 6.45) is 10.1. The zero-order chi connectivity index (χ0) is 15.4. The van der Waals surface area contributed by atoms with Crippen molar-refractivity contribution in [2.45, 2.75) is 26.7 Å². The average molecular weight is 378 g/mol. The van der Waals surface area contributed by atoms with Crippen LogP contribution in [0.2, 0.25) is 0 Å². The summed E-state index contributed by atoms with van der Waals surface area (Å²) in [6, 6.07) is 19.3. The Kier molecular flexibility index (Phi) is 6.66. The number of fused-ring (bicyclic) bond motifs is 3. The predicted molar refractivity (Wildman–Crippen MR) is 97.0 cm³/mol. The molecule has 1 heteroatoms. The third-order valence-electron chi connectivity index (χ3n) is 4.24. The fourth-order valence-electron chi connectivity index (χ4n) is 2.93. The molecule has 4 rings (SSSR count). The molecule has 0 spiro atoms. The third kappa shape index (κ3) is 4.15. The van der Waals surface area contributed by atoms with Crippen molar-refractivity contribution in [3.05, 3.63) is 78.4 Å². The van der Waals surface area contributed by atoms with E-state index in [2.05, 4.69) is 86.7 Å². The molecule has 1 aliphatic rings. The molecule has 3 aromatic carbocycles. The molecular weight excluding hydrogens is 355 g/mol. The van der Waals surface area contributed by atoms with E-state index >= 15 is 0 Å². The fraction of sp³-hybridized carbons (Fsp3) is 0.227. The zero-order valence-corrected chi connectivity index (χ0v) is 16.3. The molecular formula is C22H22Zr. The van der Waals surface area contributed by atoms with E-state index in [0.29, 0.717) is 5.92 Å². The van der Waals surface area contributed by atoms with Crippen molar-refractivity contribution in [3.8, 4) is 0 Å². The molecule has 1 unspecified atom stereocenters. The molecule has 1 atom stereocenters. The molecule has 0 N–H and O–H groups in total. The van der Waals surface area contributed by atoms with Gasteiger partial charge in [-0.15, -0.1) is 39.7 Å². The Labute approximate surface area is 158 Å². The molecule has 0 saturated carbocycles. The maximum atomic E-state index is 3.40. The van der Waals surface area contributed by atoms with Crippen LogP contribution >= 0.6 is 0 Å². The van der Waals surface area contributed by atoms with Gasteiger partial charge in [0.2, 0.25) is 0 Å². The summed E-state index contributed by atoms with van der Waals surface area (Å²) in [4.78, 5) is 0. The van der Waals surface area contributed by atoms with Crippen LogP contribution in [0.4, 0.5) is 0 Å². The second-order valence-electron chi connectivity index (χ2n) is 5.72. The van der Waals surface area contributed by atoms with E-state index < -0.39 is 0 Å². The molecule has 0 aromatic heterocycles. The van der Waals surface area contributed by atoms with Crippen LogP contribution < -0.4 is 0 Å². The average Bonchev–Trinajstić information content (AvgIpc) is 3.19. The van der Waals surface area contributed by atoms with E-state index in [1.165, 1.54) is 33.5 Å². The van der Waals surface area contributed by atoms with Crippen LogP contribution in [-0.2, 0) is 26.2 Å². The number of hydrogen-bond acceptors (Lipinski definition) is 0. The predicted octanol–water partition coefficient (Wildman–Crippen LogP) is 6.43. The van der Waals surface area contributed by atoms with E-state index in [1.807, 2.05) is 0 Å². The molecule has 0 aliphatic heterocycles. The van der Waals surface area contributed by atoms with Crippen molar-refractivity contribution in [1.82, 2.24) is 0 Å². The molecule has 0 fully saturated rings. The van der Waals surface area contributed by atoms with Gasteiger partial charge in [-0.3, -0.25) is 6.08 Å². The van der Waals surface area contributed by atoms with Crippen LogP contribution in [0.25, 0.3) is 21.5 Å². The maximum Gasteiger partial charge on any atom is 2.00 e. The second-order valence-corrected chi connectivity index (χ2v) is 5.72. The van der Waals surface area contributed by atoms with Gasteiger partial charge in [0.05, 0.1) is 0 Å². The van der Waals surface area contributed by atoms with Crippen molar-refractivity contribution in [3.63, 3.8) is 0 Å². The number of rotatable bonds is 2. The van der Waals surface area contributed by atoms with Gasteiger partial charge in [0.15, 0.2) is 0 Å². The first-order valence-corrected chi connectivity index (χ1v) is 8.15. The Balaban J connectivity index is 0.000000171. The van der Waals surface area contributed by atoms with Gasteiger partial charge in [-0.05, 0) is 0 Å². The first kappa shape index (κ1) is 18.0. The Hall–Kier alpha value is -1.33. The minimum atomic E-state index is 0. The molecule has 0 amide bonds. The third-order valence-corrected chi connectivity index (χ3v) is 4.24. The summed E-state index contributed by atoms with van der Waals surface area (Å²) in [5.74, 6) is 0.611. The van der Waals surface area contributed by atoms with Crippen molar-refractivity contribution in [2.24, 2.45) is 5.92 Å². The van der Waals surface area contributed by atoms with Crippen molar-refractivity contribution in [2.75, 3.05) is 0 Å². The molecule has 3 aromatic rings. The molecule has 0 saturated heterocycles. The molecule has 0 radical (unpaired) electrons. The molecule has 0 heterocycles. The van der Waals surface area contributed by atoms with Gasteiger partial charge >= 0.3 is 26.2 Å². The maximum absolute atomic E-state index is 3.40. The molecule has 114 valence electrons. The number of hydrogen-bond donors (Lipinski definition) is 0. The Morgan fingerprint density at radius 2 is 1.48 bits per heavy atom. The van der Waals surface area contributed by atoms with Crippen LogP contribution in [0.15, 0.2) is 72.3 Å². The molecule has 23 heavy (non-hydrogen) atoms. The van der Waals surface area contributed by atoms with Crippen molar-refractivity contribution < 1.29 is 26.2 Å². The van der Waals surface area contributed by atoms with Gasteiger partial charge in [0.1, 0.15) is 0 Å². The van der Waals surface area contributed by atoms with E-state index in [4.69, 9.17) is 0 Å². The van der Waals surface area contributed by atoms with Crippen LogP contribution in [-0.4, -0.2) is 0 Å². The second kappa shape index (κ2) is 8.50. The normalized spacial score (nSPS) is 15.9. The van der Waals surface area contributed by atoms with Gasteiger partial charge in [-0.1, -0.05) is 69.0 Å². The van der Waals surface area contributed by atoms with Gasteiger partial charge in [-0.25, -0.2) is 11.6 Å². The van der Waals surface area contributed by atoms with E-state index in [9.17, 15) is 0 Å². The van der Waals surface area contributed by atoms with Crippen LogP contribution in [0.5, 0.6) is 0 Å². The molecule has 0 bridgehead atoms. The summed E-state index contributed by atoms with van der Waals surface area (Å²) in [5, 5.41) is 5.39. The monoisotopic (exact) mass is 376 g/mol. The first-order chi connectivity index (χ1) is 10.8. The standard InChI is InChI=1S/C13H9.C9H13.Zr/c1-3-7-12-10(5-1)9-11-6-2-4-8-13(11)12;1-3-8-5-6-9(4-2)7-8;/h1-9H;5-6,8H,3-4H2,1-2H3;/q2*-1;+2. The van der Waals surface area contributed by atoms with Gasteiger partial charge in [0, 0.05) is 0 Å². The van der Waals surface area contributed by atoms with Crippen molar-refractivity contribution in [1.29, 1.82) is 0 Å². The van der Waals surface area contributed by atoms with Crippen LogP contribution in [0.3, 0.4) is 0 Å². The van der Waals surface area contributed by atoms with Crippen molar-refractivity contribution >= 4 is 21.5 Å². The van der Waals surface area contributed by atoms with Gasteiger partial charge in [0.25, 0.3) is 0 Å². The minimum Gasteiger partial charge on any atom is -0.266 e. The SMILES string of the molecule is CCC1=[C-]C(CC)C=C1.[Zr+2].c1ccc2c(c1)[cH-]c1ccccc12. The van der Waals surface area contributed by atoms with E-state index in [-0.39, 0.29) is 26.2 Å². The summed E-state index contributed by atoms with van der Waals surface area (Å²) >= 11 is 0. The number of benzene rings is 2. The Bertz CT molecular complexity index is 770. The molecule has 0 nitrogen and oxygen atoms in total. The summed E-state index contributed by atoms with van der Waals surface area (Å²) in [7, 11) is 0. The Morgan fingerprint density at radius 1 is 0.913 bits per heavy atom. The molecule has 1 aliphatic carbocycles. The summed E-state index contributed by atoms with van der Waals surface area (Å²) < 4.78 is 0. The van der Waals surface area contributed by atoms with Crippen LogP contribution in [0.1, 0.15) is 26.7 Å². The number of allylic oxidation sites excluding steroid dienone is 4. The Morgan fingerprint density at radius 3 is 1.91 bits per heavy atom. The first-order valence-electron chi connectivity index (χ1n) is 8.15. The van der Waals surface area contributed by atoms with E-state index in [0.717, 1.165) is 6.42 Å². The minimum absolute atomic E-state index is 0. The topological polar surface area (TPSA) is 0 Å². The van der Waals surface area contributed by atoms with Crippen LogP contribution in [0, 0.1) is 12.0 Å². The zero-order valence-electron chi connectivity index (χ0n) is 13.8. The van der Waals surface area contributed by atoms with Gasteiger partial charge in [-0.2, -0.15) is 6.08 Å².